The lowest BCUT2D eigenvalue weighted by Gasteiger charge is -2.06. The molecule has 2 aromatic rings. The van der Waals surface area contributed by atoms with Crippen LogP contribution < -0.4 is 4.72 Å². The molecule has 1 N–H and O–H groups in total. The van der Waals surface area contributed by atoms with Gasteiger partial charge >= 0.3 is 0 Å². The minimum absolute atomic E-state index is 0.100. The fourth-order valence-corrected chi connectivity index (χ4v) is 3.67. The molecular formula is C15H16N2O4S. The van der Waals surface area contributed by atoms with Crippen molar-refractivity contribution < 1.29 is 17.7 Å². The Labute approximate surface area is 128 Å². The van der Waals surface area contributed by atoms with Gasteiger partial charge in [0, 0.05) is 12.0 Å². The Bertz CT molecular complexity index is 784. The number of carbonyl (C=O) groups is 1. The van der Waals surface area contributed by atoms with Crippen molar-refractivity contribution >= 4 is 15.9 Å². The van der Waals surface area contributed by atoms with Gasteiger partial charge in [0.25, 0.3) is 0 Å². The second-order valence-corrected chi connectivity index (χ2v) is 7.24. The van der Waals surface area contributed by atoms with Gasteiger partial charge in [-0.25, -0.2) is 8.42 Å². The molecule has 1 amide bonds. The van der Waals surface area contributed by atoms with Gasteiger partial charge in [-0.2, -0.15) is 0 Å². The smallest absolute Gasteiger partial charge is 0.240 e. The highest BCUT2D eigenvalue weighted by atomic mass is 32.2. The molecule has 1 aromatic heterocycles. The molecule has 0 unspecified atom stereocenters. The van der Waals surface area contributed by atoms with Crippen LogP contribution in [0.5, 0.6) is 0 Å². The van der Waals surface area contributed by atoms with Crippen molar-refractivity contribution in [2.75, 3.05) is 0 Å². The van der Waals surface area contributed by atoms with E-state index in [-0.39, 0.29) is 23.3 Å². The van der Waals surface area contributed by atoms with Gasteiger partial charge in [-0.05, 0) is 30.4 Å². The Morgan fingerprint density at radius 2 is 2.14 bits per heavy atom. The van der Waals surface area contributed by atoms with E-state index in [0.29, 0.717) is 6.42 Å². The number of aromatic nitrogens is 1. The normalized spacial score (nSPS) is 20.6. The number of nitrogens with one attached hydrogen (secondary N) is 1. The quantitative estimate of drug-likeness (QED) is 0.906. The molecular weight excluding hydrogens is 304 g/mol. The van der Waals surface area contributed by atoms with Gasteiger partial charge in [0.05, 0.1) is 0 Å². The largest absolute Gasteiger partial charge is 0.364 e. The Hall–Kier alpha value is -2.15. The van der Waals surface area contributed by atoms with Gasteiger partial charge in [0.2, 0.25) is 15.9 Å². The number of amides is 1. The molecule has 1 heterocycles. The van der Waals surface area contributed by atoms with Gasteiger partial charge in [0.1, 0.15) is 17.7 Å². The number of aryl methyl sites for hydroxylation is 1. The molecule has 116 valence electrons. The van der Waals surface area contributed by atoms with E-state index in [9.17, 15) is 13.2 Å². The Morgan fingerprint density at radius 3 is 2.82 bits per heavy atom. The maximum atomic E-state index is 12.1. The number of hydrogen-bond acceptors (Lipinski definition) is 5. The van der Waals surface area contributed by atoms with Crippen molar-refractivity contribution in [3.8, 4) is 0 Å². The molecule has 0 radical (unpaired) electrons. The highest BCUT2D eigenvalue weighted by Crippen LogP contribution is 2.48. The summed E-state index contributed by atoms with van der Waals surface area (Å²) in [5.74, 6) is -0.995. The van der Waals surface area contributed by atoms with Gasteiger partial charge in [-0.15, -0.1) is 0 Å². The van der Waals surface area contributed by atoms with Crippen LogP contribution in [-0.2, 0) is 20.6 Å². The molecule has 1 aliphatic rings. The fraction of sp³-hybridized carbons (Fsp3) is 0.333. The van der Waals surface area contributed by atoms with Gasteiger partial charge < -0.3 is 4.52 Å². The van der Waals surface area contributed by atoms with Gasteiger partial charge in [0.15, 0.2) is 0 Å². The third-order valence-electron chi connectivity index (χ3n) is 3.80. The predicted molar refractivity (Wildman–Crippen MR) is 79.3 cm³/mol. The fourth-order valence-electron chi connectivity index (χ4n) is 2.60. The highest BCUT2D eigenvalue weighted by Gasteiger charge is 2.45. The van der Waals surface area contributed by atoms with Crippen LogP contribution in [0.1, 0.15) is 29.2 Å². The van der Waals surface area contributed by atoms with Crippen LogP contribution in [0.25, 0.3) is 0 Å². The molecule has 1 saturated carbocycles. The molecule has 2 atom stereocenters. The van der Waals surface area contributed by atoms with E-state index in [0.717, 1.165) is 11.1 Å². The zero-order valence-electron chi connectivity index (χ0n) is 12.0. The summed E-state index contributed by atoms with van der Waals surface area (Å²) in [5, 5.41) is 3.54. The lowest BCUT2D eigenvalue weighted by atomic mass is 10.0. The Balaban J connectivity index is 1.63. The summed E-state index contributed by atoms with van der Waals surface area (Å²) in [6, 6.07) is 9.30. The van der Waals surface area contributed by atoms with Crippen molar-refractivity contribution in [1.82, 2.24) is 9.88 Å². The average molecular weight is 320 g/mol. The van der Waals surface area contributed by atoms with Crippen LogP contribution in [0.15, 0.2) is 41.1 Å². The summed E-state index contributed by atoms with van der Waals surface area (Å²) in [6.45, 7) is 1.99. The number of carbonyl (C=O) groups excluding carboxylic acids is 1. The van der Waals surface area contributed by atoms with Crippen LogP contribution in [0, 0.1) is 12.8 Å². The van der Waals surface area contributed by atoms with E-state index < -0.39 is 15.9 Å². The van der Waals surface area contributed by atoms with Crippen LogP contribution in [0.4, 0.5) is 0 Å². The second-order valence-electron chi connectivity index (χ2n) is 5.52. The number of sulfonamides is 1. The monoisotopic (exact) mass is 320 g/mol. The van der Waals surface area contributed by atoms with Crippen molar-refractivity contribution in [2.24, 2.45) is 5.92 Å². The lowest BCUT2D eigenvalue weighted by Crippen LogP contribution is -2.33. The Kier molecular flexibility index (Phi) is 3.74. The number of rotatable bonds is 5. The van der Waals surface area contributed by atoms with Crippen LogP contribution in [0.2, 0.25) is 0 Å². The summed E-state index contributed by atoms with van der Waals surface area (Å²) in [7, 11) is -3.75. The van der Waals surface area contributed by atoms with E-state index in [1.807, 2.05) is 31.2 Å². The van der Waals surface area contributed by atoms with E-state index >= 15 is 0 Å². The lowest BCUT2D eigenvalue weighted by molar-refractivity contribution is -0.120. The van der Waals surface area contributed by atoms with E-state index in [2.05, 4.69) is 14.4 Å². The first-order chi connectivity index (χ1) is 10.5. The first kappa shape index (κ1) is 14.8. The van der Waals surface area contributed by atoms with Gasteiger partial charge in [-0.1, -0.05) is 29.4 Å². The van der Waals surface area contributed by atoms with Crippen LogP contribution in [0.3, 0.4) is 0 Å². The van der Waals surface area contributed by atoms with E-state index in [4.69, 9.17) is 0 Å². The average Bonchev–Trinajstić information content (AvgIpc) is 3.09. The molecule has 0 saturated heterocycles. The minimum atomic E-state index is -3.75. The molecule has 22 heavy (non-hydrogen) atoms. The highest BCUT2D eigenvalue weighted by molar-refractivity contribution is 7.89. The molecule has 6 nitrogen and oxygen atoms in total. The number of benzene rings is 1. The third kappa shape index (κ3) is 3.19. The zero-order valence-corrected chi connectivity index (χ0v) is 12.8. The maximum Gasteiger partial charge on any atom is 0.240 e. The summed E-state index contributed by atoms with van der Waals surface area (Å²) in [6.07, 6.45) is 1.97. The van der Waals surface area contributed by atoms with Crippen LogP contribution in [-0.4, -0.2) is 19.5 Å². The first-order valence-electron chi connectivity index (χ1n) is 6.95. The second kappa shape index (κ2) is 5.57. The first-order valence-corrected chi connectivity index (χ1v) is 8.60. The third-order valence-corrected chi connectivity index (χ3v) is 4.99. The predicted octanol–water partition coefficient (Wildman–Crippen LogP) is 1.73. The number of hydrogen-bond donors (Lipinski definition) is 1. The molecule has 0 bridgehead atoms. The van der Waals surface area contributed by atoms with Crippen molar-refractivity contribution in [3.63, 3.8) is 0 Å². The Morgan fingerprint density at radius 1 is 1.36 bits per heavy atom. The van der Waals surface area contributed by atoms with Crippen molar-refractivity contribution in [1.29, 1.82) is 0 Å². The molecule has 1 fully saturated rings. The molecule has 0 aliphatic heterocycles. The van der Waals surface area contributed by atoms with Gasteiger partial charge in [-0.3, -0.25) is 9.52 Å². The summed E-state index contributed by atoms with van der Waals surface area (Å²) < 4.78 is 30.6. The van der Waals surface area contributed by atoms with E-state index in [1.165, 1.54) is 12.3 Å². The molecule has 1 aliphatic carbocycles. The van der Waals surface area contributed by atoms with E-state index in [1.54, 1.807) is 0 Å². The number of nitrogens with zero attached hydrogens (tertiary/aromatic N) is 1. The molecule has 1 aromatic carbocycles. The summed E-state index contributed by atoms with van der Waals surface area (Å²) in [4.78, 5) is 12.1. The molecule has 3 rings (SSSR count). The van der Waals surface area contributed by atoms with Crippen LogP contribution >= 0.6 is 0 Å². The summed E-state index contributed by atoms with van der Waals surface area (Å²) >= 11 is 0. The van der Waals surface area contributed by atoms with Crippen molar-refractivity contribution in [2.45, 2.75) is 25.0 Å². The molecule has 7 heteroatoms. The molecule has 0 spiro atoms. The summed E-state index contributed by atoms with van der Waals surface area (Å²) in [5.41, 5.74) is 2.50. The SMILES string of the molecule is Cc1ccccc1[C@@H]1C[C@@H]1C(=O)NS(=O)(=O)Cc1ccon1. The minimum Gasteiger partial charge on any atom is -0.364 e. The topological polar surface area (TPSA) is 89.3 Å². The zero-order chi connectivity index (χ0) is 15.7. The maximum absolute atomic E-state index is 12.1. The van der Waals surface area contributed by atoms with Crippen molar-refractivity contribution in [3.05, 3.63) is 53.4 Å². The standard InChI is InChI=1S/C15H16N2O4S/c1-10-4-2-3-5-12(10)13-8-14(13)15(18)17-22(19,20)9-11-6-7-21-16-11/h2-7,13-14H,8-9H2,1H3,(H,17,18)/t13-,14-/m0/s1.